The molecule has 0 bridgehead atoms. The number of amides is 2. The zero-order chi connectivity index (χ0) is 18.3. The third kappa shape index (κ3) is 3.43. The Hall–Kier alpha value is -2.08. The average molecular weight is 376 g/mol. The second kappa shape index (κ2) is 6.91. The van der Waals surface area contributed by atoms with Crippen LogP contribution in [0.2, 0.25) is 5.02 Å². The molecular weight excluding hydrogens is 354 g/mol. The highest BCUT2D eigenvalue weighted by atomic mass is 35.5. The highest BCUT2D eigenvalue weighted by Crippen LogP contribution is 2.34. The number of nitrogens with one attached hydrogen (secondary N) is 1. The van der Waals surface area contributed by atoms with Crippen LogP contribution in [0.1, 0.15) is 43.9 Å². The Balaban J connectivity index is 1.33. The van der Waals surface area contributed by atoms with Crippen LogP contribution in [-0.2, 0) is 9.59 Å². The van der Waals surface area contributed by atoms with Gasteiger partial charge in [0.15, 0.2) is 11.5 Å². The molecule has 1 aliphatic heterocycles. The number of oxazole rings is 1. The number of benzene rings is 1. The lowest BCUT2D eigenvalue weighted by atomic mass is 9.85. The van der Waals surface area contributed by atoms with Gasteiger partial charge in [-0.3, -0.25) is 9.59 Å². The molecule has 1 N–H and O–H groups in total. The van der Waals surface area contributed by atoms with Crippen molar-refractivity contribution in [2.75, 3.05) is 13.6 Å². The number of likely N-dealkylation sites (tertiary alicyclic amines) is 1. The van der Waals surface area contributed by atoms with Gasteiger partial charge >= 0.3 is 0 Å². The summed E-state index contributed by atoms with van der Waals surface area (Å²) in [6.07, 6.45) is 3.96. The lowest BCUT2D eigenvalue weighted by Crippen LogP contribution is -2.41. The van der Waals surface area contributed by atoms with E-state index < -0.39 is 0 Å². The number of rotatable bonds is 3. The number of carbonyl (C=O) groups excluding carboxylic acids is 2. The highest BCUT2D eigenvalue weighted by Gasteiger charge is 2.34. The van der Waals surface area contributed by atoms with Crippen molar-refractivity contribution >= 4 is 34.5 Å². The third-order valence-electron chi connectivity index (χ3n) is 5.50. The van der Waals surface area contributed by atoms with E-state index in [-0.39, 0.29) is 29.7 Å². The molecular formula is C19H22ClN3O3. The first-order chi connectivity index (χ1) is 12.5. The summed E-state index contributed by atoms with van der Waals surface area (Å²) in [5.74, 6) is 0.864. The molecule has 1 aromatic heterocycles. The van der Waals surface area contributed by atoms with Crippen molar-refractivity contribution < 1.29 is 14.0 Å². The van der Waals surface area contributed by atoms with Gasteiger partial charge in [0, 0.05) is 37.0 Å². The Kier molecular flexibility index (Phi) is 4.61. The molecule has 2 aliphatic rings. The van der Waals surface area contributed by atoms with Gasteiger partial charge in [-0.2, -0.15) is 0 Å². The summed E-state index contributed by atoms with van der Waals surface area (Å²) in [5.41, 5.74) is 1.55. The second-order valence-electron chi connectivity index (χ2n) is 7.40. The molecule has 1 atom stereocenters. The minimum Gasteiger partial charge on any atom is -0.440 e. The second-order valence-corrected chi connectivity index (χ2v) is 7.83. The predicted molar refractivity (Wildman–Crippen MR) is 97.9 cm³/mol. The summed E-state index contributed by atoms with van der Waals surface area (Å²) in [6, 6.07) is 5.63. The minimum absolute atomic E-state index is 0.00246. The number of fused-ring (bicyclic) bond motifs is 1. The van der Waals surface area contributed by atoms with Gasteiger partial charge in [-0.25, -0.2) is 4.98 Å². The Morgan fingerprint density at radius 3 is 2.77 bits per heavy atom. The number of nitrogens with zero attached hydrogens (tertiary/aromatic N) is 2. The highest BCUT2D eigenvalue weighted by molar-refractivity contribution is 6.31. The van der Waals surface area contributed by atoms with Crippen LogP contribution >= 0.6 is 11.6 Å². The van der Waals surface area contributed by atoms with Gasteiger partial charge in [0.25, 0.3) is 0 Å². The molecule has 6 nitrogen and oxygen atoms in total. The van der Waals surface area contributed by atoms with Crippen molar-refractivity contribution in [1.82, 2.24) is 15.2 Å². The molecule has 2 heterocycles. The molecule has 138 valence electrons. The van der Waals surface area contributed by atoms with Crippen molar-refractivity contribution in [1.29, 1.82) is 0 Å². The quantitative estimate of drug-likeness (QED) is 0.894. The standard InChI is InChI=1S/C19H22ClN3O3/c1-23-10-12(8-17(23)24)18(25)21-14-5-2-11(3-6-14)19-22-15-9-13(20)4-7-16(15)26-19/h4,7,9,11-12,14H,2-3,5-6,8,10H2,1H3,(H,21,25). The number of hydrogen-bond acceptors (Lipinski definition) is 4. The monoisotopic (exact) mass is 375 g/mol. The molecule has 1 aliphatic carbocycles. The van der Waals surface area contributed by atoms with E-state index in [9.17, 15) is 9.59 Å². The van der Waals surface area contributed by atoms with Crippen LogP contribution in [0.4, 0.5) is 0 Å². The molecule has 26 heavy (non-hydrogen) atoms. The van der Waals surface area contributed by atoms with Gasteiger partial charge in [-0.1, -0.05) is 11.6 Å². The summed E-state index contributed by atoms with van der Waals surface area (Å²) >= 11 is 6.01. The van der Waals surface area contributed by atoms with E-state index >= 15 is 0 Å². The van der Waals surface area contributed by atoms with Crippen molar-refractivity contribution in [3.05, 3.63) is 29.1 Å². The zero-order valence-corrected chi connectivity index (χ0v) is 15.5. The molecule has 1 unspecified atom stereocenters. The molecule has 2 aromatic rings. The fraction of sp³-hybridized carbons (Fsp3) is 0.526. The van der Waals surface area contributed by atoms with E-state index in [1.165, 1.54) is 0 Å². The Morgan fingerprint density at radius 2 is 2.08 bits per heavy atom. The maximum atomic E-state index is 12.4. The first-order valence-corrected chi connectivity index (χ1v) is 9.47. The molecule has 1 saturated heterocycles. The number of aromatic nitrogens is 1. The fourth-order valence-electron chi connectivity index (χ4n) is 3.94. The third-order valence-corrected chi connectivity index (χ3v) is 5.74. The average Bonchev–Trinajstić information content (AvgIpc) is 3.19. The van der Waals surface area contributed by atoms with Crippen LogP contribution in [0.15, 0.2) is 22.6 Å². The summed E-state index contributed by atoms with van der Waals surface area (Å²) in [4.78, 5) is 30.2. The summed E-state index contributed by atoms with van der Waals surface area (Å²) in [6.45, 7) is 0.519. The van der Waals surface area contributed by atoms with Gasteiger partial charge in [0.2, 0.25) is 11.8 Å². The molecule has 2 fully saturated rings. The lowest BCUT2D eigenvalue weighted by Gasteiger charge is -2.28. The Morgan fingerprint density at radius 1 is 1.31 bits per heavy atom. The summed E-state index contributed by atoms with van der Waals surface area (Å²) < 4.78 is 5.88. The molecule has 1 saturated carbocycles. The normalized spacial score (nSPS) is 26.5. The topological polar surface area (TPSA) is 75.4 Å². The first-order valence-electron chi connectivity index (χ1n) is 9.10. The van der Waals surface area contributed by atoms with Crippen LogP contribution in [0.3, 0.4) is 0 Å². The summed E-state index contributed by atoms with van der Waals surface area (Å²) in [5, 5.41) is 3.77. The number of halogens is 1. The van der Waals surface area contributed by atoms with Gasteiger partial charge < -0.3 is 14.6 Å². The van der Waals surface area contributed by atoms with Gasteiger partial charge in [0.05, 0.1) is 5.92 Å². The first kappa shape index (κ1) is 17.3. The Bertz CT molecular complexity index is 842. The van der Waals surface area contributed by atoms with E-state index in [0.717, 1.165) is 42.7 Å². The van der Waals surface area contributed by atoms with E-state index in [1.807, 2.05) is 12.1 Å². The van der Waals surface area contributed by atoms with Crippen LogP contribution < -0.4 is 5.32 Å². The SMILES string of the molecule is CN1CC(C(=O)NC2CCC(c3nc4cc(Cl)ccc4o3)CC2)CC1=O. The zero-order valence-electron chi connectivity index (χ0n) is 14.7. The van der Waals surface area contributed by atoms with E-state index in [1.54, 1.807) is 18.0 Å². The van der Waals surface area contributed by atoms with Gasteiger partial charge in [-0.15, -0.1) is 0 Å². The van der Waals surface area contributed by atoms with E-state index in [2.05, 4.69) is 10.3 Å². The van der Waals surface area contributed by atoms with E-state index in [0.29, 0.717) is 18.0 Å². The number of hydrogen-bond donors (Lipinski definition) is 1. The molecule has 1 aromatic carbocycles. The smallest absolute Gasteiger partial charge is 0.225 e. The van der Waals surface area contributed by atoms with Crippen LogP contribution in [0.25, 0.3) is 11.1 Å². The fourth-order valence-corrected chi connectivity index (χ4v) is 4.10. The number of carbonyl (C=O) groups is 2. The molecule has 7 heteroatoms. The lowest BCUT2D eigenvalue weighted by molar-refractivity contribution is -0.128. The molecule has 0 spiro atoms. The largest absolute Gasteiger partial charge is 0.440 e. The molecule has 4 rings (SSSR count). The molecule has 2 amide bonds. The Labute approximate surface area is 156 Å². The van der Waals surface area contributed by atoms with Crippen molar-refractivity contribution in [2.24, 2.45) is 5.92 Å². The summed E-state index contributed by atoms with van der Waals surface area (Å²) in [7, 11) is 1.74. The maximum absolute atomic E-state index is 12.4. The maximum Gasteiger partial charge on any atom is 0.225 e. The van der Waals surface area contributed by atoms with Crippen molar-refractivity contribution in [2.45, 2.75) is 44.1 Å². The van der Waals surface area contributed by atoms with Gasteiger partial charge in [-0.05, 0) is 43.9 Å². The van der Waals surface area contributed by atoms with Crippen molar-refractivity contribution in [3.8, 4) is 0 Å². The minimum atomic E-state index is -0.216. The van der Waals surface area contributed by atoms with Crippen molar-refractivity contribution in [3.63, 3.8) is 0 Å². The van der Waals surface area contributed by atoms with Crippen LogP contribution in [-0.4, -0.2) is 41.3 Å². The van der Waals surface area contributed by atoms with Crippen LogP contribution in [0, 0.1) is 5.92 Å². The van der Waals surface area contributed by atoms with E-state index in [4.69, 9.17) is 16.0 Å². The van der Waals surface area contributed by atoms with Crippen LogP contribution in [0.5, 0.6) is 0 Å². The predicted octanol–water partition coefficient (Wildman–Crippen LogP) is 3.10. The molecule has 0 radical (unpaired) electrons. The van der Waals surface area contributed by atoms with Gasteiger partial charge in [0.1, 0.15) is 5.52 Å².